The van der Waals surface area contributed by atoms with Crippen LogP contribution in [0.15, 0.2) is 59.8 Å². The van der Waals surface area contributed by atoms with Crippen molar-refractivity contribution in [1.82, 2.24) is 14.8 Å². The van der Waals surface area contributed by atoms with Crippen LogP contribution in [0.5, 0.6) is 5.75 Å². The summed E-state index contributed by atoms with van der Waals surface area (Å²) in [7, 11) is 0. The highest BCUT2D eigenvalue weighted by Gasteiger charge is 2.12. The summed E-state index contributed by atoms with van der Waals surface area (Å²) >= 11 is 7.57. The van der Waals surface area contributed by atoms with Gasteiger partial charge >= 0.3 is 0 Å². The molecule has 3 rings (SSSR count). The largest absolute Gasteiger partial charge is 0.486 e. The first-order valence-electron chi connectivity index (χ1n) is 7.73. The second kappa shape index (κ2) is 8.22. The first-order valence-corrected chi connectivity index (χ1v) is 9.10. The SMILES string of the molecule is CCn1c(COc2ccc(Cl)cc2)nnc1SCc1ccccc1. The van der Waals surface area contributed by atoms with E-state index in [0.29, 0.717) is 11.6 Å². The first kappa shape index (κ1) is 16.9. The minimum Gasteiger partial charge on any atom is -0.486 e. The Labute approximate surface area is 150 Å². The fourth-order valence-corrected chi connectivity index (χ4v) is 3.35. The van der Waals surface area contributed by atoms with Gasteiger partial charge in [0.2, 0.25) is 0 Å². The van der Waals surface area contributed by atoms with Gasteiger partial charge in [0.1, 0.15) is 12.4 Å². The predicted octanol–water partition coefficient (Wildman–Crippen LogP) is 4.82. The third-order valence-electron chi connectivity index (χ3n) is 3.50. The van der Waals surface area contributed by atoms with Gasteiger partial charge in [-0.2, -0.15) is 0 Å². The van der Waals surface area contributed by atoms with E-state index >= 15 is 0 Å². The molecule has 0 N–H and O–H groups in total. The van der Waals surface area contributed by atoms with Crippen LogP contribution in [0.4, 0.5) is 0 Å². The number of rotatable bonds is 7. The van der Waals surface area contributed by atoms with Gasteiger partial charge in [-0.25, -0.2) is 0 Å². The van der Waals surface area contributed by atoms with Gasteiger partial charge in [-0.15, -0.1) is 10.2 Å². The standard InChI is InChI=1S/C18H18ClN3OS/c1-2-22-17(12-23-16-10-8-15(19)9-11-16)20-21-18(22)24-13-14-6-4-3-5-7-14/h3-11H,2,12-13H2,1H3. The Balaban J connectivity index is 1.64. The lowest BCUT2D eigenvalue weighted by Crippen LogP contribution is -2.07. The quantitative estimate of drug-likeness (QED) is 0.567. The molecule has 0 spiro atoms. The molecule has 0 aliphatic rings. The third kappa shape index (κ3) is 4.30. The maximum absolute atomic E-state index is 5.88. The van der Waals surface area contributed by atoms with E-state index in [0.717, 1.165) is 29.0 Å². The number of benzene rings is 2. The number of hydrogen-bond acceptors (Lipinski definition) is 4. The van der Waals surface area contributed by atoms with Gasteiger partial charge < -0.3 is 9.30 Å². The number of nitrogens with zero attached hydrogens (tertiary/aromatic N) is 3. The van der Waals surface area contributed by atoms with Crippen molar-refractivity contribution >= 4 is 23.4 Å². The molecule has 0 atom stereocenters. The number of thioether (sulfide) groups is 1. The Bertz CT molecular complexity index is 775. The van der Waals surface area contributed by atoms with Crippen LogP contribution in [0.3, 0.4) is 0 Å². The molecule has 0 amide bonds. The van der Waals surface area contributed by atoms with Crippen molar-refractivity contribution in [2.24, 2.45) is 0 Å². The Kier molecular flexibility index (Phi) is 5.77. The molecule has 0 aliphatic carbocycles. The van der Waals surface area contributed by atoms with E-state index in [1.165, 1.54) is 5.56 Å². The van der Waals surface area contributed by atoms with Crippen LogP contribution in [0.1, 0.15) is 18.3 Å². The minimum atomic E-state index is 0.383. The van der Waals surface area contributed by atoms with Gasteiger partial charge in [0.25, 0.3) is 0 Å². The number of halogens is 1. The smallest absolute Gasteiger partial charge is 0.191 e. The monoisotopic (exact) mass is 359 g/mol. The second-order valence-corrected chi connectivity index (χ2v) is 6.54. The Hall–Kier alpha value is -1.98. The van der Waals surface area contributed by atoms with E-state index in [1.807, 2.05) is 42.5 Å². The van der Waals surface area contributed by atoms with Crippen LogP contribution in [0.25, 0.3) is 0 Å². The van der Waals surface area contributed by atoms with Crippen LogP contribution < -0.4 is 4.74 Å². The first-order chi connectivity index (χ1) is 11.8. The molecule has 6 heteroatoms. The molecular formula is C18H18ClN3OS. The van der Waals surface area contributed by atoms with Crippen LogP contribution in [-0.2, 0) is 18.9 Å². The van der Waals surface area contributed by atoms with E-state index in [4.69, 9.17) is 16.3 Å². The van der Waals surface area contributed by atoms with Crippen LogP contribution in [0, 0.1) is 0 Å². The highest BCUT2D eigenvalue weighted by Crippen LogP contribution is 2.23. The lowest BCUT2D eigenvalue weighted by atomic mass is 10.2. The van der Waals surface area contributed by atoms with E-state index in [2.05, 4.69) is 33.8 Å². The zero-order valence-corrected chi connectivity index (χ0v) is 14.9. The number of ether oxygens (including phenoxy) is 1. The zero-order chi connectivity index (χ0) is 16.8. The van der Waals surface area contributed by atoms with E-state index in [-0.39, 0.29) is 0 Å². The summed E-state index contributed by atoms with van der Waals surface area (Å²) < 4.78 is 7.86. The van der Waals surface area contributed by atoms with Crippen molar-refractivity contribution in [3.8, 4) is 5.75 Å². The topological polar surface area (TPSA) is 39.9 Å². The molecule has 0 saturated carbocycles. The van der Waals surface area contributed by atoms with Crippen molar-refractivity contribution in [3.63, 3.8) is 0 Å². The molecule has 0 radical (unpaired) electrons. The van der Waals surface area contributed by atoms with E-state index in [1.54, 1.807) is 11.8 Å². The lowest BCUT2D eigenvalue weighted by molar-refractivity contribution is 0.288. The number of aromatic nitrogens is 3. The summed E-state index contributed by atoms with van der Waals surface area (Å²) in [6, 6.07) is 17.7. The second-order valence-electron chi connectivity index (χ2n) is 5.16. The fraction of sp³-hybridized carbons (Fsp3) is 0.222. The van der Waals surface area contributed by atoms with Gasteiger partial charge in [0.05, 0.1) is 0 Å². The highest BCUT2D eigenvalue weighted by atomic mass is 35.5. The van der Waals surface area contributed by atoms with Crippen molar-refractivity contribution < 1.29 is 4.74 Å². The molecule has 1 heterocycles. The third-order valence-corrected chi connectivity index (χ3v) is 4.79. The Morgan fingerprint density at radius 3 is 2.50 bits per heavy atom. The van der Waals surface area contributed by atoms with Gasteiger partial charge in [0, 0.05) is 17.3 Å². The molecule has 1 aromatic heterocycles. The molecule has 0 aliphatic heterocycles. The lowest BCUT2D eigenvalue weighted by Gasteiger charge is -2.09. The predicted molar refractivity (Wildman–Crippen MR) is 97.5 cm³/mol. The van der Waals surface area contributed by atoms with Crippen molar-refractivity contribution in [1.29, 1.82) is 0 Å². The minimum absolute atomic E-state index is 0.383. The van der Waals surface area contributed by atoms with Gasteiger partial charge in [-0.05, 0) is 36.8 Å². The summed E-state index contributed by atoms with van der Waals surface area (Å²) in [5.41, 5.74) is 1.27. The average molecular weight is 360 g/mol. The van der Waals surface area contributed by atoms with Crippen LogP contribution >= 0.6 is 23.4 Å². The van der Waals surface area contributed by atoms with Crippen molar-refractivity contribution in [2.75, 3.05) is 0 Å². The maximum atomic E-state index is 5.88. The van der Waals surface area contributed by atoms with Crippen LogP contribution in [-0.4, -0.2) is 14.8 Å². The Morgan fingerprint density at radius 1 is 1.04 bits per heavy atom. The highest BCUT2D eigenvalue weighted by molar-refractivity contribution is 7.98. The molecule has 0 unspecified atom stereocenters. The summed E-state index contributed by atoms with van der Waals surface area (Å²) in [5, 5.41) is 10.2. The molecule has 0 saturated heterocycles. The van der Waals surface area contributed by atoms with E-state index < -0.39 is 0 Å². The van der Waals surface area contributed by atoms with Gasteiger partial charge in [-0.1, -0.05) is 53.7 Å². The molecule has 24 heavy (non-hydrogen) atoms. The molecule has 3 aromatic rings. The normalized spacial score (nSPS) is 10.8. The van der Waals surface area contributed by atoms with Gasteiger partial charge in [0.15, 0.2) is 11.0 Å². The molecule has 0 fully saturated rings. The average Bonchev–Trinajstić information content (AvgIpc) is 3.02. The zero-order valence-electron chi connectivity index (χ0n) is 13.4. The van der Waals surface area contributed by atoms with Crippen molar-refractivity contribution in [3.05, 3.63) is 71.0 Å². The molecule has 4 nitrogen and oxygen atoms in total. The summed E-state index contributed by atoms with van der Waals surface area (Å²) in [6.07, 6.45) is 0. The summed E-state index contributed by atoms with van der Waals surface area (Å²) in [6.45, 7) is 3.28. The molecule has 124 valence electrons. The molecular weight excluding hydrogens is 342 g/mol. The molecule has 2 aromatic carbocycles. The summed E-state index contributed by atoms with van der Waals surface area (Å²) in [4.78, 5) is 0. The summed E-state index contributed by atoms with van der Waals surface area (Å²) in [5.74, 6) is 2.46. The molecule has 0 bridgehead atoms. The Morgan fingerprint density at radius 2 is 1.79 bits per heavy atom. The van der Waals surface area contributed by atoms with Crippen LogP contribution in [0.2, 0.25) is 5.02 Å². The fourth-order valence-electron chi connectivity index (χ4n) is 2.25. The van der Waals surface area contributed by atoms with Gasteiger partial charge in [-0.3, -0.25) is 0 Å². The maximum Gasteiger partial charge on any atom is 0.191 e. The van der Waals surface area contributed by atoms with E-state index in [9.17, 15) is 0 Å². The van der Waals surface area contributed by atoms with Crippen molar-refractivity contribution in [2.45, 2.75) is 31.0 Å². The number of hydrogen-bond donors (Lipinski definition) is 0.